The Kier molecular flexibility index (Phi) is 7.52. The Labute approximate surface area is 202 Å². The predicted molar refractivity (Wildman–Crippen MR) is 132 cm³/mol. The predicted octanol–water partition coefficient (Wildman–Crippen LogP) is 4.07. The van der Waals surface area contributed by atoms with Gasteiger partial charge >= 0.3 is 11.4 Å². The third kappa shape index (κ3) is 5.91. The molecule has 0 amide bonds. The molecule has 3 aromatic carbocycles. The summed E-state index contributed by atoms with van der Waals surface area (Å²) in [5.41, 5.74) is 5.92. The SMILES string of the molecule is COCCOc1ccc(-c2cccc(COc3ccc(Cn4oc(=O)[nH]c4=O)cc3)c2C)c(C)c1. The van der Waals surface area contributed by atoms with Gasteiger partial charge < -0.3 is 18.7 Å². The molecular formula is C27H28N2O6. The summed E-state index contributed by atoms with van der Waals surface area (Å²) in [7, 11) is 1.66. The van der Waals surface area contributed by atoms with E-state index in [2.05, 4.69) is 37.0 Å². The number of aryl methyl sites for hydroxylation is 1. The Balaban J connectivity index is 1.43. The summed E-state index contributed by atoms with van der Waals surface area (Å²) in [6.07, 6.45) is 0. The van der Waals surface area contributed by atoms with Crippen LogP contribution in [0.2, 0.25) is 0 Å². The van der Waals surface area contributed by atoms with Crippen LogP contribution in [-0.2, 0) is 17.9 Å². The van der Waals surface area contributed by atoms with E-state index in [1.54, 1.807) is 7.11 Å². The Morgan fingerprint density at radius 2 is 1.66 bits per heavy atom. The second kappa shape index (κ2) is 10.9. The Morgan fingerprint density at radius 1 is 0.886 bits per heavy atom. The molecule has 8 nitrogen and oxygen atoms in total. The summed E-state index contributed by atoms with van der Waals surface area (Å²) < 4.78 is 22.6. The number of ether oxygens (including phenoxy) is 3. The van der Waals surface area contributed by atoms with Gasteiger partial charge in [-0.15, -0.1) is 4.74 Å². The normalized spacial score (nSPS) is 10.9. The van der Waals surface area contributed by atoms with Gasteiger partial charge in [-0.1, -0.05) is 36.4 Å². The number of hydrogen-bond acceptors (Lipinski definition) is 6. The molecule has 0 unspecified atom stereocenters. The van der Waals surface area contributed by atoms with E-state index in [0.717, 1.165) is 43.9 Å². The van der Waals surface area contributed by atoms with Crippen molar-refractivity contribution in [1.82, 2.24) is 9.72 Å². The van der Waals surface area contributed by atoms with Crippen LogP contribution in [0.4, 0.5) is 0 Å². The Hall–Kier alpha value is -4.04. The zero-order valence-electron chi connectivity index (χ0n) is 20.0. The average molecular weight is 477 g/mol. The molecule has 0 bridgehead atoms. The molecule has 4 aromatic rings. The van der Waals surface area contributed by atoms with E-state index >= 15 is 0 Å². The van der Waals surface area contributed by atoms with Crippen LogP contribution in [-0.4, -0.2) is 30.0 Å². The van der Waals surface area contributed by atoms with Crippen LogP contribution in [0.3, 0.4) is 0 Å². The van der Waals surface area contributed by atoms with Crippen molar-refractivity contribution in [1.29, 1.82) is 0 Å². The van der Waals surface area contributed by atoms with Crippen LogP contribution in [0, 0.1) is 13.8 Å². The lowest BCUT2D eigenvalue weighted by atomic mass is 9.94. The lowest BCUT2D eigenvalue weighted by Gasteiger charge is -2.15. The van der Waals surface area contributed by atoms with Crippen LogP contribution in [0.15, 0.2) is 74.8 Å². The quantitative estimate of drug-likeness (QED) is 0.347. The molecule has 1 heterocycles. The van der Waals surface area contributed by atoms with E-state index in [4.69, 9.17) is 18.7 Å². The van der Waals surface area contributed by atoms with Crippen molar-refractivity contribution in [2.75, 3.05) is 20.3 Å². The molecule has 0 radical (unpaired) electrons. The molecule has 1 N–H and O–H groups in total. The minimum Gasteiger partial charge on any atom is -0.491 e. The second-order valence-electron chi connectivity index (χ2n) is 8.19. The van der Waals surface area contributed by atoms with Crippen molar-refractivity contribution in [3.63, 3.8) is 0 Å². The zero-order chi connectivity index (χ0) is 24.8. The van der Waals surface area contributed by atoms with Gasteiger partial charge in [0.25, 0.3) is 0 Å². The average Bonchev–Trinajstić information content (AvgIpc) is 3.16. The molecule has 4 rings (SSSR count). The topological polar surface area (TPSA) is 95.7 Å². The maximum Gasteiger partial charge on any atom is 0.440 e. The summed E-state index contributed by atoms with van der Waals surface area (Å²) in [5, 5.41) is 0. The van der Waals surface area contributed by atoms with Crippen LogP contribution < -0.4 is 20.9 Å². The lowest BCUT2D eigenvalue weighted by molar-refractivity contribution is 0.146. The number of H-pyrrole nitrogens is 1. The maximum absolute atomic E-state index is 11.6. The number of rotatable bonds is 10. The van der Waals surface area contributed by atoms with Gasteiger partial charge in [-0.3, -0.25) is 0 Å². The molecule has 8 heteroatoms. The summed E-state index contributed by atoms with van der Waals surface area (Å²) in [4.78, 5) is 24.8. The van der Waals surface area contributed by atoms with Crippen LogP contribution >= 0.6 is 0 Å². The minimum absolute atomic E-state index is 0.161. The second-order valence-corrected chi connectivity index (χ2v) is 8.19. The van der Waals surface area contributed by atoms with E-state index in [-0.39, 0.29) is 6.54 Å². The first-order valence-corrected chi connectivity index (χ1v) is 11.3. The van der Waals surface area contributed by atoms with E-state index < -0.39 is 11.4 Å². The number of aromatic nitrogens is 2. The van der Waals surface area contributed by atoms with Crippen LogP contribution in [0.1, 0.15) is 22.3 Å². The zero-order valence-corrected chi connectivity index (χ0v) is 20.0. The molecule has 0 aliphatic rings. The molecule has 0 saturated carbocycles. The minimum atomic E-state index is -0.769. The first kappa shape index (κ1) is 24.1. The van der Waals surface area contributed by atoms with Gasteiger partial charge in [0.15, 0.2) is 0 Å². The number of hydrogen-bond donors (Lipinski definition) is 1. The number of aromatic amines is 1. The van der Waals surface area contributed by atoms with Gasteiger partial charge in [0, 0.05) is 7.11 Å². The van der Waals surface area contributed by atoms with E-state index in [9.17, 15) is 9.59 Å². The smallest absolute Gasteiger partial charge is 0.440 e. The van der Waals surface area contributed by atoms with Crippen LogP contribution in [0.25, 0.3) is 11.1 Å². The number of nitrogens with one attached hydrogen (secondary N) is 1. The highest BCUT2D eigenvalue weighted by Crippen LogP contribution is 2.31. The molecule has 0 fully saturated rings. The van der Waals surface area contributed by atoms with Crippen molar-refractivity contribution in [2.24, 2.45) is 0 Å². The molecule has 0 aliphatic carbocycles. The molecular weight excluding hydrogens is 448 g/mol. The number of benzene rings is 3. The van der Waals surface area contributed by atoms with Crippen molar-refractivity contribution >= 4 is 0 Å². The van der Waals surface area contributed by atoms with Gasteiger partial charge in [-0.25, -0.2) is 14.6 Å². The van der Waals surface area contributed by atoms with Crippen LogP contribution in [0.5, 0.6) is 11.5 Å². The van der Waals surface area contributed by atoms with Gasteiger partial charge in [0.2, 0.25) is 0 Å². The van der Waals surface area contributed by atoms with E-state index in [1.807, 2.05) is 42.5 Å². The third-order valence-electron chi connectivity index (χ3n) is 5.76. The fourth-order valence-corrected chi connectivity index (χ4v) is 3.84. The monoisotopic (exact) mass is 476 g/mol. The highest BCUT2D eigenvalue weighted by molar-refractivity contribution is 5.72. The van der Waals surface area contributed by atoms with Gasteiger partial charge in [-0.05, 0) is 71.5 Å². The highest BCUT2D eigenvalue weighted by atomic mass is 16.5. The van der Waals surface area contributed by atoms with Crippen molar-refractivity contribution < 1.29 is 18.7 Å². The third-order valence-corrected chi connectivity index (χ3v) is 5.76. The van der Waals surface area contributed by atoms with Gasteiger partial charge in [0.1, 0.15) is 24.7 Å². The van der Waals surface area contributed by atoms with Gasteiger partial charge in [0.05, 0.1) is 13.2 Å². The van der Waals surface area contributed by atoms with E-state index in [0.29, 0.717) is 25.6 Å². The fourth-order valence-electron chi connectivity index (χ4n) is 3.84. The molecule has 0 saturated heterocycles. The molecule has 0 spiro atoms. The van der Waals surface area contributed by atoms with Crippen molar-refractivity contribution in [3.8, 4) is 22.6 Å². The molecule has 182 valence electrons. The lowest BCUT2D eigenvalue weighted by Crippen LogP contribution is -2.17. The number of methoxy groups -OCH3 is 1. The Morgan fingerprint density at radius 3 is 2.34 bits per heavy atom. The largest absolute Gasteiger partial charge is 0.491 e. The van der Waals surface area contributed by atoms with Gasteiger partial charge in [-0.2, -0.15) is 0 Å². The fraction of sp³-hybridized carbons (Fsp3) is 0.259. The molecule has 35 heavy (non-hydrogen) atoms. The summed E-state index contributed by atoms with van der Waals surface area (Å²) in [6, 6.07) is 19.6. The summed E-state index contributed by atoms with van der Waals surface area (Å²) >= 11 is 0. The summed E-state index contributed by atoms with van der Waals surface area (Å²) in [6.45, 7) is 5.83. The maximum atomic E-state index is 11.6. The first-order valence-electron chi connectivity index (χ1n) is 11.3. The number of nitrogens with zero attached hydrogens (tertiary/aromatic N) is 1. The first-order chi connectivity index (χ1) is 16.9. The highest BCUT2D eigenvalue weighted by Gasteiger charge is 2.11. The summed E-state index contributed by atoms with van der Waals surface area (Å²) in [5.74, 6) is 0.761. The molecule has 1 aromatic heterocycles. The van der Waals surface area contributed by atoms with Crippen molar-refractivity contribution in [3.05, 3.63) is 104 Å². The standard InChI is InChI=1S/C27H28N2O6/c1-18-15-23(33-14-13-32-3)11-12-24(18)25-6-4-5-21(19(25)2)17-34-22-9-7-20(8-10-22)16-29-26(30)28-27(31)35-29/h4-12,15H,13-14,16-17H2,1-3H3,(H,28,30,31). The molecule has 0 aliphatic heterocycles. The van der Waals surface area contributed by atoms with Crippen molar-refractivity contribution in [2.45, 2.75) is 27.0 Å². The van der Waals surface area contributed by atoms with E-state index in [1.165, 1.54) is 0 Å². The molecule has 0 atom stereocenters. The Bertz CT molecular complexity index is 1400.